The number of nitrogens with zero attached hydrogens (tertiary/aromatic N) is 2. The molecular formula is C26H27N3O. The highest BCUT2D eigenvalue weighted by atomic mass is 16.1. The Hall–Kier alpha value is -3.14. The summed E-state index contributed by atoms with van der Waals surface area (Å²) in [6, 6.07) is 17.4. The van der Waals surface area contributed by atoms with Crippen LogP contribution in [0.15, 0.2) is 60.8 Å². The number of nitrogens with two attached hydrogens (primary N) is 1. The lowest BCUT2D eigenvalue weighted by molar-refractivity contribution is -0.113. The summed E-state index contributed by atoms with van der Waals surface area (Å²) in [6.07, 6.45) is 11.1. The predicted octanol–water partition coefficient (Wildman–Crippen LogP) is 4.85. The minimum absolute atomic E-state index is 0.442. The van der Waals surface area contributed by atoms with Crippen LogP contribution in [-0.2, 0) is 11.2 Å². The molecule has 2 N–H and O–H groups in total. The third-order valence-corrected chi connectivity index (χ3v) is 6.53. The number of rotatable bonds is 4. The molecule has 0 bridgehead atoms. The Morgan fingerprint density at radius 2 is 1.87 bits per heavy atom. The van der Waals surface area contributed by atoms with Crippen molar-refractivity contribution in [3.63, 3.8) is 0 Å². The van der Waals surface area contributed by atoms with Gasteiger partial charge in [-0.1, -0.05) is 43.5 Å². The molecule has 1 amide bonds. The van der Waals surface area contributed by atoms with Crippen molar-refractivity contribution in [3.8, 4) is 0 Å². The van der Waals surface area contributed by atoms with Crippen molar-refractivity contribution in [3.05, 3.63) is 77.5 Å². The number of carbonyl (C=O) groups is 1. The molecule has 152 valence electrons. The van der Waals surface area contributed by atoms with E-state index in [1.54, 1.807) is 0 Å². The molecule has 0 spiro atoms. The van der Waals surface area contributed by atoms with E-state index in [4.69, 9.17) is 5.73 Å². The maximum absolute atomic E-state index is 11.8. The zero-order chi connectivity index (χ0) is 20.5. The Balaban J connectivity index is 1.52. The Kier molecular flexibility index (Phi) is 4.99. The summed E-state index contributed by atoms with van der Waals surface area (Å²) in [5, 5.41) is 1.05. The van der Waals surface area contributed by atoms with Gasteiger partial charge in [0.25, 0.3) is 0 Å². The molecule has 0 radical (unpaired) electrons. The summed E-state index contributed by atoms with van der Waals surface area (Å²) in [7, 11) is 0. The van der Waals surface area contributed by atoms with Gasteiger partial charge in [0.05, 0.1) is 5.52 Å². The first-order valence-corrected chi connectivity index (χ1v) is 11.0. The molecule has 2 heterocycles. The van der Waals surface area contributed by atoms with E-state index in [-0.39, 0.29) is 0 Å². The number of hydrogen-bond donors (Lipinski definition) is 1. The van der Waals surface area contributed by atoms with Crippen LogP contribution in [-0.4, -0.2) is 23.5 Å². The number of fused-ring (bicyclic) bond motifs is 2. The highest BCUT2D eigenvalue weighted by molar-refractivity contribution is 5.99. The quantitative estimate of drug-likeness (QED) is 0.641. The number of para-hydroxylation sites is 1. The maximum Gasteiger partial charge on any atom is 0.242 e. The van der Waals surface area contributed by atoms with Gasteiger partial charge in [0.15, 0.2) is 0 Å². The van der Waals surface area contributed by atoms with Crippen LogP contribution in [0.3, 0.4) is 0 Å². The predicted molar refractivity (Wildman–Crippen MR) is 122 cm³/mol. The summed E-state index contributed by atoms with van der Waals surface area (Å²) >= 11 is 0. The van der Waals surface area contributed by atoms with E-state index in [2.05, 4.69) is 34.1 Å². The molecular weight excluding hydrogens is 370 g/mol. The molecule has 30 heavy (non-hydrogen) atoms. The van der Waals surface area contributed by atoms with Crippen LogP contribution < -0.4 is 10.6 Å². The van der Waals surface area contributed by atoms with Crippen molar-refractivity contribution in [2.45, 2.75) is 44.6 Å². The number of aromatic nitrogens is 1. The number of pyridine rings is 1. The van der Waals surface area contributed by atoms with Crippen LogP contribution in [0.2, 0.25) is 0 Å². The van der Waals surface area contributed by atoms with Gasteiger partial charge < -0.3 is 10.6 Å². The number of benzene rings is 2. The van der Waals surface area contributed by atoms with E-state index >= 15 is 0 Å². The van der Waals surface area contributed by atoms with E-state index in [0.717, 1.165) is 40.6 Å². The number of primary amides is 1. The zero-order valence-corrected chi connectivity index (χ0v) is 17.2. The fraction of sp³-hybridized carbons (Fsp3) is 0.308. The second-order valence-corrected chi connectivity index (χ2v) is 8.46. The van der Waals surface area contributed by atoms with Crippen LogP contribution in [0.5, 0.6) is 0 Å². The minimum atomic E-state index is -0.442. The maximum atomic E-state index is 11.8. The molecule has 4 heteroatoms. The SMILES string of the molecule is NC(=O)C=C(c1ccc2c(c1)CCN2C1CCCCC1)c1cnc2ccccc2c1. The van der Waals surface area contributed by atoms with Gasteiger partial charge in [-0.2, -0.15) is 0 Å². The number of anilines is 1. The average Bonchev–Trinajstić information content (AvgIpc) is 3.21. The summed E-state index contributed by atoms with van der Waals surface area (Å²) in [6.45, 7) is 1.09. The molecule has 0 unspecified atom stereocenters. The van der Waals surface area contributed by atoms with Crippen LogP contribution in [0.4, 0.5) is 5.69 Å². The Labute approximate surface area is 177 Å². The van der Waals surface area contributed by atoms with Gasteiger partial charge in [0, 0.05) is 41.5 Å². The molecule has 1 fully saturated rings. The highest BCUT2D eigenvalue weighted by Crippen LogP contribution is 2.37. The van der Waals surface area contributed by atoms with E-state index in [0.29, 0.717) is 6.04 Å². The Bertz CT molecular complexity index is 1130. The summed E-state index contributed by atoms with van der Waals surface area (Å²) in [5.74, 6) is -0.442. The molecule has 2 aromatic carbocycles. The molecule has 1 saturated carbocycles. The fourth-order valence-corrected chi connectivity index (χ4v) is 5.06. The first kappa shape index (κ1) is 18.9. The van der Waals surface area contributed by atoms with E-state index in [9.17, 15) is 4.79 Å². The van der Waals surface area contributed by atoms with Crippen LogP contribution in [0.25, 0.3) is 16.5 Å². The third kappa shape index (κ3) is 3.58. The van der Waals surface area contributed by atoms with Crippen LogP contribution in [0.1, 0.15) is 48.8 Å². The standard InChI is InChI=1S/C26H27N3O/c27-26(30)16-23(21-15-19-6-4-5-9-24(19)28-17-21)18-10-11-25-20(14-18)12-13-29(25)22-7-2-1-3-8-22/h4-6,9-11,14-17,22H,1-3,7-8,12-13H2,(H2,27,30). The fourth-order valence-electron chi connectivity index (χ4n) is 5.06. The van der Waals surface area contributed by atoms with Gasteiger partial charge in [0.1, 0.15) is 0 Å². The molecule has 1 aliphatic heterocycles. The minimum Gasteiger partial charge on any atom is -0.368 e. The van der Waals surface area contributed by atoms with Gasteiger partial charge in [-0.15, -0.1) is 0 Å². The van der Waals surface area contributed by atoms with Gasteiger partial charge >= 0.3 is 0 Å². The summed E-state index contributed by atoms with van der Waals surface area (Å²) in [5.41, 5.74) is 12.0. The van der Waals surface area contributed by atoms with Crippen LogP contribution >= 0.6 is 0 Å². The molecule has 0 saturated heterocycles. The van der Waals surface area contributed by atoms with Gasteiger partial charge in [0.2, 0.25) is 5.91 Å². The van der Waals surface area contributed by atoms with E-state index < -0.39 is 5.91 Å². The number of hydrogen-bond acceptors (Lipinski definition) is 3. The molecule has 4 nitrogen and oxygen atoms in total. The first-order valence-electron chi connectivity index (χ1n) is 11.0. The lowest BCUT2D eigenvalue weighted by Crippen LogP contribution is -2.35. The topological polar surface area (TPSA) is 59.2 Å². The molecule has 2 aliphatic rings. The normalized spacial score (nSPS) is 17.3. The van der Waals surface area contributed by atoms with Crippen molar-refractivity contribution < 1.29 is 4.79 Å². The van der Waals surface area contributed by atoms with Gasteiger partial charge in [-0.05, 0) is 60.2 Å². The average molecular weight is 398 g/mol. The molecule has 1 aromatic heterocycles. The van der Waals surface area contributed by atoms with Crippen molar-refractivity contribution >= 4 is 28.1 Å². The summed E-state index contributed by atoms with van der Waals surface area (Å²) in [4.78, 5) is 19.0. The number of carbonyl (C=O) groups excluding carboxylic acids is 1. The monoisotopic (exact) mass is 397 g/mol. The molecule has 3 aromatic rings. The highest BCUT2D eigenvalue weighted by Gasteiger charge is 2.27. The molecule has 1 aliphatic carbocycles. The molecule has 5 rings (SSSR count). The first-order chi connectivity index (χ1) is 14.7. The lowest BCUT2D eigenvalue weighted by Gasteiger charge is -2.33. The number of amides is 1. The van der Waals surface area contributed by atoms with E-state index in [1.165, 1.54) is 49.4 Å². The van der Waals surface area contributed by atoms with Crippen molar-refractivity contribution in [2.24, 2.45) is 5.73 Å². The molecule has 0 atom stereocenters. The van der Waals surface area contributed by atoms with Gasteiger partial charge in [-0.3, -0.25) is 9.78 Å². The third-order valence-electron chi connectivity index (χ3n) is 6.53. The van der Waals surface area contributed by atoms with Crippen molar-refractivity contribution in [1.29, 1.82) is 0 Å². The largest absolute Gasteiger partial charge is 0.368 e. The van der Waals surface area contributed by atoms with Crippen molar-refractivity contribution in [2.75, 3.05) is 11.4 Å². The Morgan fingerprint density at radius 3 is 2.70 bits per heavy atom. The zero-order valence-electron chi connectivity index (χ0n) is 17.2. The summed E-state index contributed by atoms with van der Waals surface area (Å²) < 4.78 is 0. The Morgan fingerprint density at radius 1 is 1.03 bits per heavy atom. The lowest BCUT2D eigenvalue weighted by atomic mass is 9.93. The second-order valence-electron chi connectivity index (χ2n) is 8.46. The van der Waals surface area contributed by atoms with Crippen molar-refractivity contribution in [1.82, 2.24) is 4.98 Å². The van der Waals surface area contributed by atoms with Gasteiger partial charge in [-0.25, -0.2) is 0 Å². The van der Waals surface area contributed by atoms with Crippen LogP contribution in [0, 0.1) is 0 Å². The van der Waals surface area contributed by atoms with E-state index in [1.807, 2.05) is 30.5 Å². The second kappa shape index (κ2) is 7.94. The smallest absolute Gasteiger partial charge is 0.242 e.